The van der Waals surface area contributed by atoms with E-state index in [1.165, 1.54) is 23.5 Å². The Kier molecular flexibility index (Phi) is 6.30. The quantitative estimate of drug-likeness (QED) is 0.714. The van der Waals surface area contributed by atoms with Gasteiger partial charge in [0.15, 0.2) is 0 Å². The van der Waals surface area contributed by atoms with Crippen LogP contribution in [0.1, 0.15) is 28.8 Å². The molecule has 1 heterocycles. The third-order valence-corrected chi connectivity index (χ3v) is 6.88. The van der Waals surface area contributed by atoms with Crippen LogP contribution in [-0.4, -0.2) is 38.8 Å². The van der Waals surface area contributed by atoms with Crippen molar-refractivity contribution in [2.45, 2.75) is 23.9 Å². The fourth-order valence-electron chi connectivity index (χ4n) is 3.09. The molecule has 1 amide bonds. The van der Waals surface area contributed by atoms with Gasteiger partial charge in [-0.05, 0) is 49.2 Å². The summed E-state index contributed by atoms with van der Waals surface area (Å²) in [6.45, 7) is 0.769. The van der Waals surface area contributed by atoms with Gasteiger partial charge in [-0.3, -0.25) is 4.79 Å². The van der Waals surface area contributed by atoms with Crippen LogP contribution < -0.4 is 10.1 Å². The average molecular weight is 463 g/mol. The molecule has 0 aliphatic carbocycles. The number of nitrogens with one attached hydrogen (secondary N) is 1. The lowest BCUT2D eigenvalue weighted by Crippen LogP contribution is -2.28. The molecular formula is C19H18ClF3N2O4S. The number of hydrogen-bond donors (Lipinski definition) is 1. The minimum absolute atomic E-state index is 0.0657. The second-order valence-electron chi connectivity index (χ2n) is 6.62. The van der Waals surface area contributed by atoms with Crippen molar-refractivity contribution >= 4 is 33.2 Å². The molecule has 0 spiro atoms. The van der Waals surface area contributed by atoms with Crippen molar-refractivity contribution in [3.05, 3.63) is 52.5 Å². The molecule has 1 saturated heterocycles. The van der Waals surface area contributed by atoms with E-state index in [0.29, 0.717) is 19.2 Å². The first-order chi connectivity index (χ1) is 14.0. The maximum absolute atomic E-state index is 13.0. The molecule has 6 nitrogen and oxygen atoms in total. The number of carbonyl (C=O) groups is 1. The average Bonchev–Trinajstić information content (AvgIpc) is 3.24. The van der Waals surface area contributed by atoms with Gasteiger partial charge in [0.25, 0.3) is 5.91 Å². The lowest BCUT2D eigenvalue weighted by atomic mass is 10.1. The van der Waals surface area contributed by atoms with Crippen molar-refractivity contribution in [2.24, 2.45) is 0 Å². The highest BCUT2D eigenvalue weighted by molar-refractivity contribution is 7.89. The zero-order valence-corrected chi connectivity index (χ0v) is 17.4. The number of ether oxygens (including phenoxy) is 1. The van der Waals surface area contributed by atoms with Crippen LogP contribution in [0.3, 0.4) is 0 Å². The first-order valence-corrected chi connectivity index (χ1v) is 10.7. The minimum atomic E-state index is -4.62. The van der Waals surface area contributed by atoms with E-state index < -0.39 is 27.7 Å². The maximum Gasteiger partial charge on any atom is 0.416 e. The molecule has 0 bridgehead atoms. The van der Waals surface area contributed by atoms with Crippen LogP contribution in [0.4, 0.5) is 18.9 Å². The molecule has 0 unspecified atom stereocenters. The summed E-state index contributed by atoms with van der Waals surface area (Å²) < 4.78 is 70.9. The van der Waals surface area contributed by atoms with Crippen molar-refractivity contribution < 1.29 is 31.1 Å². The fourth-order valence-corrected chi connectivity index (χ4v) is 4.80. The lowest BCUT2D eigenvalue weighted by molar-refractivity contribution is -0.137. The third-order valence-electron chi connectivity index (χ3n) is 4.66. The van der Waals surface area contributed by atoms with Crippen LogP contribution in [-0.2, 0) is 16.2 Å². The molecule has 1 aliphatic heterocycles. The van der Waals surface area contributed by atoms with Crippen LogP contribution in [0.15, 0.2) is 41.3 Å². The number of nitrogens with zero attached hydrogens (tertiary/aromatic N) is 1. The Balaban J connectivity index is 1.96. The van der Waals surface area contributed by atoms with Gasteiger partial charge in [-0.25, -0.2) is 8.42 Å². The Morgan fingerprint density at radius 3 is 2.40 bits per heavy atom. The number of alkyl halides is 3. The zero-order chi connectivity index (χ0) is 22.1. The molecule has 11 heteroatoms. The first kappa shape index (κ1) is 22.4. The predicted octanol–water partition coefficient (Wildman–Crippen LogP) is 4.40. The standard InChI is InChI=1S/C19H18ClF3N2O4S/c1-29-17-7-5-13(30(27,28)25-8-2-3-9-25)11-14(17)18(26)24-16-10-12(19(21,22)23)4-6-15(16)20/h4-7,10-11H,2-3,8-9H2,1H3,(H,24,26). The summed E-state index contributed by atoms with van der Waals surface area (Å²) in [6.07, 6.45) is -3.13. The summed E-state index contributed by atoms with van der Waals surface area (Å²) in [5.74, 6) is -0.789. The summed E-state index contributed by atoms with van der Waals surface area (Å²) in [5, 5.41) is 2.20. The summed E-state index contributed by atoms with van der Waals surface area (Å²) in [7, 11) is -2.51. The van der Waals surface area contributed by atoms with Gasteiger partial charge in [0.1, 0.15) is 5.75 Å². The van der Waals surface area contributed by atoms with Crippen molar-refractivity contribution in [1.82, 2.24) is 4.31 Å². The van der Waals surface area contributed by atoms with Gasteiger partial charge >= 0.3 is 6.18 Å². The molecule has 0 atom stereocenters. The Labute approximate surface area is 176 Å². The van der Waals surface area contributed by atoms with Gasteiger partial charge in [-0.15, -0.1) is 0 Å². The SMILES string of the molecule is COc1ccc(S(=O)(=O)N2CCCC2)cc1C(=O)Nc1cc(C(F)(F)F)ccc1Cl. The van der Waals surface area contributed by atoms with E-state index in [1.54, 1.807) is 0 Å². The number of carbonyl (C=O) groups excluding carboxylic acids is 1. The van der Waals surface area contributed by atoms with E-state index in [-0.39, 0.29) is 26.9 Å². The van der Waals surface area contributed by atoms with Gasteiger partial charge < -0.3 is 10.1 Å². The van der Waals surface area contributed by atoms with Crippen molar-refractivity contribution in [3.63, 3.8) is 0 Å². The first-order valence-electron chi connectivity index (χ1n) is 8.90. The van der Waals surface area contributed by atoms with E-state index >= 15 is 0 Å². The van der Waals surface area contributed by atoms with Crippen molar-refractivity contribution in [3.8, 4) is 5.75 Å². The Morgan fingerprint density at radius 2 is 1.80 bits per heavy atom. The topological polar surface area (TPSA) is 75.7 Å². The Hall–Kier alpha value is -2.30. The number of hydrogen-bond acceptors (Lipinski definition) is 4. The minimum Gasteiger partial charge on any atom is -0.496 e. The van der Waals surface area contributed by atoms with E-state index in [1.807, 2.05) is 0 Å². The molecule has 30 heavy (non-hydrogen) atoms. The molecule has 0 aromatic heterocycles. The van der Waals surface area contributed by atoms with Gasteiger partial charge in [0.05, 0.1) is 33.8 Å². The molecule has 3 rings (SSSR count). The highest BCUT2D eigenvalue weighted by atomic mass is 35.5. The van der Waals surface area contributed by atoms with Crippen LogP contribution in [0.25, 0.3) is 0 Å². The second kappa shape index (κ2) is 8.44. The van der Waals surface area contributed by atoms with Crippen LogP contribution in [0, 0.1) is 0 Å². The van der Waals surface area contributed by atoms with Gasteiger partial charge in [0, 0.05) is 13.1 Å². The molecule has 1 N–H and O–H groups in total. The van der Waals surface area contributed by atoms with Gasteiger partial charge in [-0.1, -0.05) is 11.6 Å². The third kappa shape index (κ3) is 4.55. The summed E-state index contributed by atoms with van der Waals surface area (Å²) >= 11 is 5.93. The largest absolute Gasteiger partial charge is 0.496 e. The van der Waals surface area contributed by atoms with Gasteiger partial charge in [-0.2, -0.15) is 17.5 Å². The Bertz CT molecular complexity index is 1070. The van der Waals surface area contributed by atoms with E-state index in [4.69, 9.17) is 16.3 Å². The number of amides is 1. The monoisotopic (exact) mass is 462 g/mol. The van der Waals surface area contributed by atoms with Crippen LogP contribution in [0.2, 0.25) is 5.02 Å². The van der Waals surface area contributed by atoms with Crippen molar-refractivity contribution in [1.29, 1.82) is 0 Å². The van der Waals surface area contributed by atoms with Gasteiger partial charge in [0.2, 0.25) is 10.0 Å². The highest BCUT2D eigenvalue weighted by Crippen LogP contribution is 2.34. The van der Waals surface area contributed by atoms with E-state index in [9.17, 15) is 26.4 Å². The lowest BCUT2D eigenvalue weighted by Gasteiger charge is -2.17. The number of methoxy groups -OCH3 is 1. The maximum atomic E-state index is 13.0. The molecule has 1 aliphatic rings. The van der Waals surface area contributed by atoms with Crippen LogP contribution >= 0.6 is 11.6 Å². The fraction of sp³-hybridized carbons (Fsp3) is 0.316. The number of halogens is 4. The summed E-state index contributed by atoms with van der Waals surface area (Å²) in [6, 6.07) is 6.31. The predicted molar refractivity (Wildman–Crippen MR) is 105 cm³/mol. The van der Waals surface area contributed by atoms with Crippen molar-refractivity contribution in [2.75, 3.05) is 25.5 Å². The highest BCUT2D eigenvalue weighted by Gasteiger charge is 2.32. The number of benzene rings is 2. The summed E-state index contributed by atoms with van der Waals surface area (Å²) in [5.41, 5.74) is -1.39. The molecule has 162 valence electrons. The second-order valence-corrected chi connectivity index (χ2v) is 8.96. The smallest absolute Gasteiger partial charge is 0.416 e. The normalized spacial score (nSPS) is 15.2. The molecule has 0 radical (unpaired) electrons. The summed E-state index contributed by atoms with van der Waals surface area (Å²) in [4.78, 5) is 12.7. The molecule has 2 aromatic carbocycles. The number of sulfonamides is 1. The van der Waals surface area contributed by atoms with E-state index in [0.717, 1.165) is 31.0 Å². The van der Waals surface area contributed by atoms with Crippen LogP contribution in [0.5, 0.6) is 5.75 Å². The molecule has 2 aromatic rings. The number of anilines is 1. The molecular weight excluding hydrogens is 445 g/mol. The molecule has 0 saturated carbocycles. The zero-order valence-electron chi connectivity index (χ0n) is 15.8. The molecule has 1 fully saturated rings. The Morgan fingerprint density at radius 1 is 1.13 bits per heavy atom. The van der Waals surface area contributed by atoms with E-state index in [2.05, 4.69) is 5.32 Å². The number of rotatable bonds is 5.